The van der Waals surface area contributed by atoms with E-state index in [2.05, 4.69) is 35.2 Å². The van der Waals surface area contributed by atoms with Crippen LogP contribution in [0.4, 0.5) is 0 Å². The third-order valence-corrected chi connectivity index (χ3v) is 1.89. The van der Waals surface area contributed by atoms with E-state index in [1.165, 1.54) is 17.1 Å². The van der Waals surface area contributed by atoms with Crippen LogP contribution in [0.15, 0.2) is 48.5 Å². The molecule has 90 valence electrons. The number of hydrogen-bond acceptors (Lipinski definition) is 3. The molecule has 0 aromatic carbocycles. The van der Waals surface area contributed by atoms with Gasteiger partial charge in [0.2, 0.25) is 0 Å². The third kappa shape index (κ3) is 5.02. The molecule has 0 radical (unpaired) electrons. The van der Waals surface area contributed by atoms with Crippen molar-refractivity contribution in [1.82, 2.24) is 9.97 Å². The zero-order valence-electron chi connectivity index (χ0n) is 10.7. The molecule has 0 aliphatic carbocycles. The molecule has 2 rings (SSSR count). The summed E-state index contributed by atoms with van der Waals surface area (Å²) < 4.78 is 0. The van der Waals surface area contributed by atoms with Gasteiger partial charge in [0.1, 0.15) is 0 Å². The van der Waals surface area contributed by atoms with Crippen molar-refractivity contribution in [2.75, 3.05) is 0 Å². The van der Waals surface area contributed by atoms with Crippen LogP contribution in [0.1, 0.15) is 19.4 Å². The number of fused-ring (bicyclic) bond motifs is 1. The van der Waals surface area contributed by atoms with Crippen molar-refractivity contribution in [3.8, 4) is 0 Å². The highest BCUT2D eigenvalue weighted by Crippen LogP contribution is 2.12. The number of aryl methyl sites for hydroxylation is 1. The fourth-order valence-electron chi connectivity index (χ4n) is 1.14. The first-order valence-electron chi connectivity index (χ1n) is 5.51. The second-order valence-electron chi connectivity index (χ2n) is 2.89. The maximum absolute atomic E-state index is 4.18. The molecule has 2 heterocycles. The molecule has 2 aromatic heterocycles. The van der Waals surface area contributed by atoms with Crippen molar-refractivity contribution in [3.63, 3.8) is 0 Å². The maximum atomic E-state index is 4.18. The SMILES string of the molecule is C=CN=C.CC.Cc1ccnc2cnccc12. The maximum Gasteiger partial charge on any atom is 0.0887 e. The Balaban J connectivity index is 0.000000368. The summed E-state index contributed by atoms with van der Waals surface area (Å²) in [5.41, 5.74) is 2.21. The first-order chi connectivity index (χ1) is 8.29. The standard InChI is InChI=1S/C9H8N2.C3H5N.C2H6/c1-7-2-5-11-9-6-10-4-3-8(7)9;1-3-4-2;1-2/h2-6H,1H3;3H,1-2H2;1-2H3. The third-order valence-electron chi connectivity index (χ3n) is 1.89. The minimum Gasteiger partial charge on any atom is -0.273 e. The predicted molar refractivity (Wildman–Crippen MR) is 75.4 cm³/mol. The second-order valence-corrected chi connectivity index (χ2v) is 2.89. The highest BCUT2D eigenvalue weighted by atomic mass is 14.7. The molecule has 0 aliphatic rings. The van der Waals surface area contributed by atoms with E-state index >= 15 is 0 Å². The summed E-state index contributed by atoms with van der Waals surface area (Å²) in [4.78, 5) is 11.4. The van der Waals surface area contributed by atoms with Crippen molar-refractivity contribution < 1.29 is 0 Å². The molecular weight excluding hydrogens is 210 g/mol. The van der Waals surface area contributed by atoms with Crippen LogP contribution in [0, 0.1) is 6.92 Å². The molecule has 0 atom stereocenters. The predicted octanol–water partition coefficient (Wildman–Crippen LogP) is 3.79. The van der Waals surface area contributed by atoms with Crippen molar-refractivity contribution in [1.29, 1.82) is 0 Å². The molecule has 0 saturated heterocycles. The Labute approximate surface area is 103 Å². The quantitative estimate of drug-likeness (QED) is 0.698. The fourth-order valence-corrected chi connectivity index (χ4v) is 1.14. The van der Waals surface area contributed by atoms with Gasteiger partial charge in [0.25, 0.3) is 0 Å². The molecule has 3 nitrogen and oxygen atoms in total. The molecular formula is C14H19N3. The van der Waals surface area contributed by atoms with Crippen LogP contribution in [0.2, 0.25) is 0 Å². The number of pyridine rings is 2. The van der Waals surface area contributed by atoms with Gasteiger partial charge in [0.15, 0.2) is 0 Å². The number of hydrogen-bond donors (Lipinski definition) is 0. The lowest BCUT2D eigenvalue weighted by Gasteiger charge is -1.97. The van der Waals surface area contributed by atoms with Gasteiger partial charge in [-0.15, -0.1) is 0 Å². The van der Waals surface area contributed by atoms with Gasteiger partial charge < -0.3 is 0 Å². The molecule has 0 bridgehead atoms. The van der Waals surface area contributed by atoms with Gasteiger partial charge in [-0.25, -0.2) is 0 Å². The summed E-state index contributed by atoms with van der Waals surface area (Å²) in [6.07, 6.45) is 6.76. The lowest BCUT2D eigenvalue weighted by atomic mass is 10.2. The Hall–Kier alpha value is -2.03. The van der Waals surface area contributed by atoms with Crippen LogP contribution < -0.4 is 0 Å². The van der Waals surface area contributed by atoms with Crippen molar-refractivity contribution in [2.45, 2.75) is 20.8 Å². The average Bonchev–Trinajstić information content (AvgIpc) is 2.42. The summed E-state index contributed by atoms with van der Waals surface area (Å²) in [7, 11) is 0. The molecule has 0 aliphatic heterocycles. The van der Waals surface area contributed by atoms with Gasteiger partial charge >= 0.3 is 0 Å². The Bertz CT molecular complexity index is 452. The molecule has 0 amide bonds. The van der Waals surface area contributed by atoms with Crippen molar-refractivity contribution in [2.24, 2.45) is 4.99 Å². The van der Waals surface area contributed by atoms with Gasteiger partial charge in [0.05, 0.1) is 11.7 Å². The highest BCUT2D eigenvalue weighted by Gasteiger charge is 1.94. The minimum atomic E-state index is 0.965. The van der Waals surface area contributed by atoms with Crippen LogP contribution in [-0.2, 0) is 0 Å². The van der Waals surface area contributed by atoms with E-state index in [9.17, 15) is 0 Å². The van der Waals surface area contributed by atoms with E-state index in [4.69, 9.17) is 0 Å². The number of nitrogens with zero attached hydrogens (tertiary/aromatic N) is 3. The van der Waals surface area contributed by atoms with Crippen molar-refractivity contribution in [3.05, 3.63) is 49.1 Å². The van der Waals surface area contributed by atoms with Crippen LogP contribution in [-0.4, -0.2) is 16.7 Å². The molecule has 2 aromatic rings. The Morgan fingerprint density at radius 2 is 1.88 bits per heavy atom. The summed E-state index contributed by atoms with van der Waals surface area (Å²) >= 11 is 0. The summed E-state index contributed by atoms with van der Waals surface area (Å²) in [6, 6.07) is 3.99. The van der Waals surface area contributed by atoms with E-state index in [-0.39, 0.29) is 0 Å². The number of aliphatic imine (C=N–C) groups is 1. The van der Waals surface area contributed by atoms with Crippen LogP contribution in [0.3, 0.4) is 0 Å². The molecule has 0 unspecified atom stereocenters. The summed E-state index contributed by atoms with van der Waals surface area (Å²) in [5, 5.41) is 1.18. The van der Waals surface area contributed by atoms with E-state index < -0.39 is 0 Å². The summed E-state index contributed by atoms with van der Waals surface area (Å²) in [6.45, 7) is 12.4. The van der Waals surface area contributed by atoms with Crippen LogP contribution >= 0.6 is 0 Å². The second kappa shape index (κ2) is 9.21. The molecule has 0 saturated carbocycles. The van der Waals surface area contributed by atoms with Gasteiger partial charge in [0, 0.05) is 24.0 Å². The highest BCUT2D eigenvalue weighted by molar-refractivity contribution is 5.80. The zero-order chi connectivity index (χ0) is 13.1. The van der Waals surface area contributed by atoms with Gasteiger partial charge in [-0.05, 0) is 31.3 Å². The van der Waals surface area contributed by atoms with Gasteiger partial charge in [-0.3, -0.25) is 15.0 Å². The molecule has 0 spiro atoms. The fraction of sp³-hybridized carbons (Fsp3) is 0.214. The number of rotatable bonds is 1. The van der Waals surface area contributed by atoms with E-state index in [0.29, 0.717) is 0 Å². The first-order valence-corrected chi connectivity index (χ1v) is 5.51. The smallest absolute Gasteiger partial charge is 0.0887 e. The van der Waals surface area contributed by atoms with Crippen LogP contribution in [0.25, 0.3) is 10.9 Å². The Morgan fingerprint density at radius 1 is 1.24 bits per heavy atom. The van der Waals surface area contributed by atoms with Gasteiger partial charge in [-0.2, -0.15) is 0 Å². The molecule has 3 heteroatoms. The van der Waals surface area contributed by atoms with E-state index in [1.807, 2.05) is 26.0 Å². The lowest BCUT2D eigenvalue weighted by molar-refractivity contribution is 1.29. The first kappa shape index (κ1) is 15.0. The van der Waals surface area contributed by atoms with Crippen molar-refractivity contribution >= 4 is 17.6 Å². The Morgan fingerprint density at radius 3 is 2.41 bits per heavy atom. The normalized spacial score (nSPS) is 8.18. The largest absolute Gasteiger partial charge is 0.273 e. The van der Waals surface area contributed by atoms with Gasteiger partial charge in [-0.1, -0.05) is 20.4 Å². The summed E-state index contributed by atoms with van der Waals surface area (Å²) in [5.74, 6) is 0. The topological polar surface area (TPSA) is 38.1 Å². The monoisotopic (exact) mass is 229 g/mol. The molecule has 17 heavy (non-hydrogen) atoms. The van der Waals surface area contributed by atoms with Crippen LogP contribution in [0.5, 0.6) is 0 Å². The molecule has 0 fully saturated rings. The Kier molecular flexibility index (Phi) is 8.11. The minimum absolute atomic E-state index is 0.965. The number of aromatic nitrogens is 2. The average molecular weight is 229 g/mol. The zero-order valence-corrected chi connectivity index (χ0v) is 10.7. The van der Waals surface area contributed by atoms with E-state index in [0.717, 1.165) is 5.52 Å². The lowest BCUT2D eigenvalue weighted by Crippen LogP contribution is -1.82. The molecule has 0 N–H and O–H groups in total. The van der Waals surface area contributed by atoms with E-state index in [1.54, 1.807) is 18.6 Å².